The predicted octanol–water partition coefficient (Wildman–Crippen LogP) is 5.84. The zero-order valence-electron chi connectivity index (χ0n) is 18.9. The van der Waals surface area contributed by atoms with Gasteiger partial charge in [-0.1, -0.05) is 30.3 Å². The van der Waals surface area contributed by atoms with Crippen molar-refractivity contribution in [2.24, 2.45) is 5.10 Å². The van der Waals surface area contributed by atoms with Crippen molar-refractivity contribution in [3.8, 4) is 11.5 Å². The molecule has 0 amide bonds. The Morgan fingerprint density at radius 2 is 1.53 bits per heavy atom. The Kier molecular flexibility index (Phi) is 6.54. The smallest absolute Gasteiger partial charge is 0.433 e. The van der Waals surface area contributed by atoms with Crippen molar-refractivity contribution in [1.29, 1.82) is 0 Å². The molecule has 1 aromatic heterocycles. The van der Waals surface area contributed by atoms with E-state index in [1.54, 1.807) is 26.4 Å². The average molecular weight is 468 g/mol. The Bertz CT molecular complexity index is 1210. The second-order valence-corrected chi connectivity index (χ2v) is 7.73. The van der Waals surface area contributed by atoms with Crippen LogP contribution >= 0.6 is 0 Å². The third-order valence-corrected chi connectivity index (χ3v) is 5.36. The number of allylic oxidation sites excluding steroid dienone is 1. The van der Waals surface area contributed by atoms with Crippen molar-refractivity contribution in [3.05, 3.63) is 83.2 Å². The number of rotatable bonds is 6. The summed E-state index contributed by atoms with van der Waals surface area (Å²) in [4.78, 5) is 8.04. The highest BCUT2D eigenvalue weighted by molar-refractivity contribution is 6.00. The summed E-state index contributed by atoms with van der Waals surface area (Å²) >= 11 is 0. The van der Waals surface area contributed by atoms with Crippen LogP contribution in [0.4, 0.5) is 19.1 Å². The van der Waals surface area contributed by atoms with E-state index in [0.29, 0.717) is 17.9 Å². The monoisotopic (exact) mass is 468 g/mol. The fraction of sp³-hybridized carbons (Fsp3) is 0.240. The molecular weight excluding hydrogens is 445 g/mol. The lowest BCUT2D eigenvalue weighted by atomic mass is 10.0. The van der Waals surface area contributed by atoms with Crippen LogP contribution in [0.15, 0.2) is 65.8 Å². The highest BCUT2D eigenvalue weighted by Gasteiger charge is 2.36. The minimum Gasteiger partial charge on any atom is -0.497 e. The van der Waals surface area contributed by atoms with Crippen molar-refractivity contribution >= 4 is 17.7 Å². The molecule has 0 spiro atoms. The first-order valence-corrected chi connectivity index (χ1v) is 10.5. The van der Waals surface area contributed by atoms with Crippen molar-refractivity contribution in [2.45, 2.75) is 25.6 Å². The topological polar surface area (TPSA) is 59.8 Å². The zero-order valence-corrected chi connectivity index (χ0v) is 18.9. The number of methoxy groups -OCH3 is 2. The molecule has 0 radical (unpaired) electrons. The second kappa shape index (κ2) is 9.54. The van der Waals surface area contributed by atoms with Gasteiger partial charge in [0.05, 0.1) is 26.0 Å². The molecule has 2 aromatic carbocycles. The number of alkyl halides is 3. The maximum atomic E-state index is 13.4. The molecule has 9 heteroatoms. The van der Waals surface area contributed by atoms with Crippen LogP contribution in [0.3, 0.4) is 0 Å². The molecule has 34 heavy (non-hydrogen) atoms. The number of anilines is 1. The van der Waals surface area contributed by atoms with Gasteiger partial charge in [0.25, 0.3) is 0 Å². The summed E-state index contributed by atoms with van der Waals surface area (Å²) in [5, 5.41) is 6.04. The van der Waals surface area contributed by atoms with Gasteiger partial charge in [-0.25, -0.2) is 15.0 Å². The zero-order chi connectivity index (χ0) is 24.3. The lowest BCUT2D eigenvalue weighted by Crippen LogP contribution is -2.23. The number of hydrazone groups is 1. The molecule has 0 saturated heterocycles. The van der Waals surface area contributed by atoms with E-state index in [1.807, 2.05) is 48.6 Å². The summed E-state index contributed by atoms with van der Waals surface area (Å²) < 4.78 is 50.6. The van der Waals surface area contributed by atoms with E-state index in [0.717, 1.165) is 22.9 Å². The van der Waals surface area contributed by atoms with Gasteiger partial charge >= 0.3 is 6.18 Å². The summed E-state index contributed by atoms with van der Waals surface area (Å²) in [5.74, 6) is 1.33. The summed E-state index contributed by atoms with van der Waals surface area (Å²) in [5.41, 5.74) is 1.70. The van der Waals surface area contributed by atoms with E-state index >= 15 is 0 Å². The molecule has 1 aliphatic heterocycles. The van der Waals surface area contributed by atoms with E-state index in [2.05, 4.69) is 15.1 Å². The Morgan fingerprint density at radius 3 is 2.12 bits per heavy atom. The third kappa shape index (κ3) is 5.19. The number of halogens is 3. The van der Waals surface area contributed by atoms with Crippen molar-refractivity contribution in [3.63, 3.8) is 0 Å². The fourth-order valence-electron chi connectivity index (χ4n) is 3.61. The number of hydrogen-bond donors (Lipinski definition) is 0. The average Bonchev–Trinajstić information content (AvgIpc) is 3.26. The van der Waals surface area contributed by atoms with Gasteiger partial charge in [-0.15, -0.1) is 0 Å². The number of benzene rings is 2. The summed E-state index contributed by atoms with van der Waals surface area (Å²) in [6, 6.07) is 15.4. The Labute approximate surface area is 195 Å². The van der Waals surface area contributed by atoms with Gasteiger partial charge in [0, 0.05) is 12.1 Å². The molecule has 1 atom stereocenters. The van der Waals surface area contributed by atoms with Gasteiger partial charge in [-0.05, 0) is 54.5 Å². The Hall–Kier alpha value is -3.88. The lowest BCUT2D eigenvalue weighted by molar-refractivity contribution is -0.141. The first kappa shape index (κ1) is 23.3. The number of hydrogen-bond acceptors (Lipinski definition) is 6. The standard InChI is InChI=1S/C25H23F3N4O2/c1-16-14-23(25(26,27)28)30-24(29-16)32-22(18-7-12-21(34-3)13-8-18)15-19(31-32)9-4-17-5-10-20(33-2)11-6-17/h4-14,22H,15H2,1-3H3/b9-4+. The summed E-state index contributed by atoms with van der Waals surface area (Å²) in [6.07, 6.45) is -0.375. The SMILES string of the molecule is COc1ccc(/C=C/C2=NN(c3nc(C)cc(C(F)(F)F)n3)C(c3ccc(OC)cc3)C2)cc1. The summed E-state index contributed by atoms with van der Waals surface area (Å²) in [6.45, 7) is 1.51. The number of ether oxygens (including phenoxy) is 2. The second-order valence-electron chi connectivity index (χ2n) is 7.73. The highest BCUT2D eigenvalue weighted by atomic mass is 19.4. The van der Waals surface area contributed by atoms with E-state index in [1.165, 1.54) is 11.9 Å². The molecule has 0 N–H and O–H groups in total. The molecule has 176 valence electrons. The quantitative estimate of drug-likeness (QED) is 0.455. The maximum Gasteiger partial charge on any atom is 0.433 e. The summed E-state index contributed by atoms with van der Waals surface area (Å²) in [7, 11) is 3.17. The number of nitrogens with zero attached hydrogens (tertiary/aromatic N) is 4. The highest BCUT2D eigenvalue weighted by Crippen LogP contribution is 2.36. The predicted molar refractivity (Wildman–Crippen MR) is 124 cm³/mol. The maximum absolute atomic E-state index is 13.4. The van der Waals surface area contributed by atoms with Crippen LogP contribution in [0.25, 0.3) is 6.08 Å². The number of aromatic nitrogens is 2. The Morgan fingerprint density at radius 1 is 0.912 bits per heavy atom. The van der Waals surface area contributed by atoms with Crippen molar-refractivity contribution in [1.82, 2.24) is 9.97 Å². The molecular formula is C25H23F3N4O2. The molecule has 0 bridgehead atoms. The molecule has 0 aliphatic carbocycles. The Balaban J connectivity index is 1.70. The molecule has 2 heterocycles. The van der Waals surface area contributed by atoms with Gasteiger partial charge in [-0.2, -0.15) is 18.3 Å². The van der Waals surface area contributed by atoms with Crippen molar-refractivity contribution < 1.29 is 22.6 Å². The molecule has 4 rings (SSSR count). The first-order valence-electron chi connectivity index (χ1n) is 10.5. The van der Waals surface area contributed by atoms with Gasteiger partial charge in [0.15, 0.2) is 0 Å². The van der Waals surface area contributed by atoms with E-state index < -0.39 is 11.9 Å². The van der Waals surface area contributed by atoms with Crippen LogP contribution in [-0.4, -0.2) is 29.9 Å². The van der Waals surface area contributed by atoms with Crippen LogP contribution in [0, 0.1) is 6.92 Å². The van der Waals surface area contributed by atoms with Crippen LogP contribution in [0.5, 0.6) is 11.5 Å². The normalized spacial score (nSPS) is 16.1. The molecule has 3 aromatic rings. The number of aryl methyl sites for hydroxylation is 1. The van der Waals surface area contributed by atoms with E-state index in [-0.39, 0.29) is 17.7 Å². The van der Waals surface area contributed by atoms with Gasteiger partial charge < -0.3 is 9.47 Å². The largest absolute Gasteiger partial charge is 0.497 e. The van der Waals surface area contributed by atoms with Gasteiger partial charge in [0.1, 0.15) is 17.2 Å². The minimum absolute atomic E-state index is 0.0963. The van der Waals surface area contributed by atoms with Crippen LogP contribution < -0.4 is 14.5 Å². The molecule has 1 aliphatic rings. The van der Waals surface area contributed by atoms with E-state index in [9.17, 15) is 13.2 Å². The lowest BCUT2D eigenvalue weighted by Gasteiger charge is -2.23. The van der Waals surface area contributed by atoms with Crippen LogP contribution in [-0.2, 0) is 6.18 Å². The minimum atomic E-state index is -4.58. The third-order valence-electron chi connectivity index (χ3n) is 5.36. The van der Waals surface area contributed by atoms with Gasteiger partial charge in [-0.3, -0.25) is 0 Å². The molecule has 6 nitrogen and oxygen atoms in total. The fourth-order valence-corrected chi connectivity index (χ4v) is 3.61. The molecule has 1 unspecified atom stereocenters. The molecule has 0 saturated carbocycles. The van der Waals surface area contributed by atoms with Crippen LogP contribution in [0.2, 0.25) is 0 Å². The van der Waals surface area contributed by atoms with E-state index in [4.69, 9.17) is 9.47 Å². The van der Waals surface area contributed by atoms with Gasteiger partial charge in [0.2, 0.25) is 5.95 Å². The van der Waals surface area contributed by atoms with Crippen LogP contribution in [0.1, 0.15) is 35.0 Å². The first-order chi connectivity index (χ1) is 16.3. The van der Waals surface area contributed by atoms with Crippen molar-refractivity contribution in [2.75, 3.05) is 19.2 Å². The molecule has 0 fully saturated rings.